The molecule has 1 heterocycles. The second-order valence-corrected chi connectivity index (χ2v) is 5.46. The van der Waals surface area contributed by atoms with Crippen molar-refractivity contribution in [2.24, 2.45) is 0 Å². The van der Waals surface area contributed by atoms with E-state index in [0.29, 0.717) is 0 Å². The molecule has 1 fully saturated rings. The van der Waals surface area contributed by atoms with Crippen molar-refractivity contribution in [1.82, 2.24) is 0 Å². The number of hydrogen-bond acceptors (Lipinski definition) is 2. The lowest BCUT2D eigenvalue weighted by Gasteiger charge is -2.40. The highest BCUT2D eigenvalue weighted by Gasteiger charge is 2.41. The Balaban J connectivity index is 2.05. The Morgan fingerprint density at radius 3 is 2.25 bits per heavy atom. The summed E-state index contributed by atoms with van der Waals surface area (Å²) in [6.07, 6.45) is 3.06. The van der Waals surface area contributed by atoms with E-state index < -0.39 is 0 Å². The number of hydrogen-bond donors (Lipinski definition) is 1. The summed E-state index contributed by atoms with van der Waals surface area (Å²) in [5.41, 5.74) is 2.51. The lowest BCUT2D eigenvalue weighted by molar-refractivity contribution is 0.238. The Morgan fingerprint density at radius 2 is 1.60 bits per heavy atom. The maximum atomic E-state index is 9.59. The van der Waals surface area contributed by atoms with Gasteiger partial charge in [-0.1, -0.05) is 48.5 Å². The van der Waals surface area contributed by atoms with Gasteiger partial charge in [0.05, 0.1) is 5.54 Å². The van der Waals surface area contributed by atoms with Crippen molar-refractivity contribution in [3.63, 3.8) is 0 Å². The van der Waals surface area contributed by atoms with Crippen LogP contribution in [0.5, 0.6) is 0 Å². The van der Waals surface area contributed by atoms with Crippen LogP contribution in [0.1, 0.15) is 24.8 Å². The van der Waals surface area contributed by atoms with Crippen LogP contribution in [0.3, 0.4) is 0 Å². The number of aliphatic hydroxyl groups excluding tert-OH is 1. The van der Waals surface area contributed by atoms with E-state index in [2.05, 4.69) is 65.6 Å². The van der Waals surface area contributed by atoms with Gasteiger partial charge in [-0.05, 0) is 37.0 Å². The van der Waals surface area contributed by atoms with E-state index in [1.807, 2.05) is 0 Å². The molecule has 0 amide bonds. The molecule has 1 aliphatic heterocycles. The van der Waals surface area contributed by atoms with Crippen LogP contribution in [0.25, 0.3) is 0 Å². The molecule has 0 bridgehead atoms. The summed E-state index contributed by atoms with van der Waals surface area (Å²) >= 11 is 0. The second-order valence-electron chi connectivity index (χ2n) is 5.46. The van der Waals surface area contributed by atoms with Crippen LogP contribution < -0.4 is 4.90 Å². The topological polar surface area (TPSA) is 23.5 Å². The molecular formula is C18H21NO. The summed E-state index contributed by atoms with van der Waals surface area (Å²) in [5, 5.41) is 9.59. The molecule has 2 aromatic rings. The fourth-order valence-electron chi connectivity index (χ4n) is 3.50. The lowest BCUT2D eigenvalue weighted by Crippen LogP contribution is -2.42. The van der Waals surface area contributed by atoms with E-state index in [1.54, 1.807) is 0 Å². The van der Waals surface area contributed by atoms with Crippen molar-refractivity contribution in [3.8, 4) is 0 Å². The second kappa shape index (κ2) is 5.68. The van der Waals surface area contributed by atoms with Gasteiger partial charge in [0, 0.05) is 18.8 Å². The van der Waals surface area contributed by atoms with Gasteiger partial charge in [0.25, 0.3) is 0 Å². The Morgan fingerprint density at radius 1 is 0.950 bits per heavy atom. The molecule has 3 rings (SSSR count). The first-order chi connectivity index (χ1) is 9.87. The van der Waals surface area contributed by atoms with Crippen LogP contribution in [-0.4, -0.2) is 18.3 Å². The fraction of sp³-hybridized carbons (Fsp3) is 0.333. The van der Waals surface area contributed by atoms with E-state index in [0.717, 1.165) is 19.4 Å². The minimum atomic E-state index is -0.0582. The van der Waals surface area contributed by atoms with Crippen molar-refractivity contribution in [1.29, 1.82) is 0 Å². The van der Waals surface area contributed by atoms with Crippen LogP contribution in [0.4, 0.5) is 5.69 Å². The van der Waals surface area contributed by atoms with Gasteiger partial charge < -0.3 is 10.0 Å². The van der Waals surface area contributed by atoms with Crippen LogP contribution in [0.15, 0.2) is 60.7 Å². The SMILES string of the molecule is OCCC1(c2ccccc2)CCCN1c1ccccc1. The molecule has 1 aliphatic rings. The van der Waals surface area contributed by atoms with Gasteiger partial charge in [-0.2, -0.15) is 0 Å². The molecule has 1 N–H and O–H groups in total. The largest absolute Gasteiger partial charge is 0.396 e. The molecule has 0 radical (unpaired) electrons. The quantitative estimate of drug-likeness (QED) is 0.915. The summed E-state index contributed by atoms with van der Waals surface area (Å²) < 4.78 is 0. The Kier molecular flexibility index (Phi) is 3.75. The number of para-hydroxylation sites is 1. The average molecular weight is 267 g/mol. The normalized spacial score (nSPS) is 22.1. The van der Waals surface area contributed by atoms with Crippen molar-refractivity contribution in [2.45, 2.75) is 24.8 Å². The molecule has 0 aliphatic carbocycles. The summed E-state index contributed by atoms with van der Waals surface area (Å²) in [6, 6.07) is 21.2. The lowest BCUT2D eigenvalue weighted by atomic mass is 9.84. The summed E-state index contributed by atoms with van der Waals surface area (Å²) in [4.78, 5) is 2.47. The van der Waals surface area contributed by atoms with Gasteiger partial charge >= 0.3 is 0 Å². The zero-order chi connectivity index (χ0) is 13.8. The number of anilines is 1. The third-order valence-corrected chi connectivity index (χ3v) is 4.39. The van der Waals surface area contributed by atoms with Crippen molar-refractivity contribution in [2.75, 3.05) is 18.1 Å². The van der Waals surface area contributed by atoms with E-state index in [1.165, 1.54) is 17.7 Å². The van der Waals surface area contributed by atoms with Crippen molar-refractivity contribution < 1.29 is 5.11 Å². The smallest absolute Gasteiger partial charge is 0.0676 e. The Hall–Kier alpha value is -1.80. The predicted octanol–water partition coefficient (Wildman–Crippen LogP) is 3.56. The first-order valence-electron chi connectivity index (χ1n) is 7.36. The summed E-state index contributed by atoms with van der Waals surface area (Å²) in [6.45, 7) is 1.27. The predicted molar refractivity (Wildman–Crippen MR) is 82.8 cm³/mol. The van der Waals surface area contributed by atoms with Gasteiger partial charge in [0.2, 0.25) is 0 Å². The van der Waals surface area contributed by atoms with Gasteiger partial charge in [0.15, 0.2) is 0 Å². The zero-order valence-corrected chi connectivity index (χ0v) is 11.7. The van der Waals surface area contributed by atoms with E-state index in [4.69, 9.17) is 0 Å². The van der Waals surface area contributed by atoms with Crippen molar-refractivity contribution >= 4 is 5.69 Å². The standard InChI is InChI=1S/C18H21NO/c20-15-13-18(16-8-3-1-4-9-16)12-7-14-19(18)17-10-5-2-6-11-17/h1-6,8-11,20H,7,12-15H2. The maximum Gasteiger partial charge on any atom is 0.0676 e. The monoisotopic (exact) mass is 267 g/mol. The number of rotatable bonds is 4. The summed E-state index contributed by atoms with van der Waals surface area (Å²) in [5.74, 6) is 0. The molecule has 0 aromatic heterocycles. The molecule has 1 unspecified atom stereocenters. The molecule has 20 heavy (non-hydrogen) atoms. The van der Waals surface area contributed by atoms with Gasteiger partial charge in [-0.25, -0.2) is 0 Å². The van der Waals surface area contributed by atoms with Crippen molar-refractivity contribution in [3.05, 3.63) is 66.2 Å². The molecule has 1 atom stereocenters. The van der Waals surface area contributed by atoms with Crippen LogP contribution in [0.2, 0.25) is 0 Å². The van der Waals surface area contributed by atoms with E-state index in [9.17, 15) is 5.11 Å². The Labute approximate surface area is 120 Å². The molecule has 1 saturated heterocycles. The minimum absolute atomic E-state index is 0.0582. The molecular weight excluding hydrogens is 246 g/mol. The minimum Gasteiger partial charge on any atom is -0.396 e. The molecule has 0 spiro atoms. The average Bonchev–Trinajstić information content (AvgIpc) is 2.94. The van der Waals surface area contributed by atoms with Gasteiger partial charge in [-0.3, -0.25) is 0 Å². The number of aliphatic hydroxyl groups is 1. The highest BCUT2D eigenvalue weighted by atomic mass is 16.3. The highest BCUT2D eigenvalue weighted by molar-refractivity contribution is 5.52. The van der Waals surface area contributed by atoms with Gasteiger partial charge in [0.1, 0.15) is 0 Å². The molecule has 0 saturated carbocycles. The third-order valence-electron chi connectivity index (χ3n) is 4.39. The Bertz CT molecular complexity index is 540. The molecule has 2 heteroatoms. The molecule has 2 nitrogen and oxygen atoms in total. The third kappa shape index (κ3) is 2.20. The van der Waals surface area contributed by atoms with Crippen LogP contribution in [0, 0.1) is 0 Å². The molecule has 2 aromatic carbocycles. The summed E-state index contributed by atoms with van der Waals surface area (Å²) in [7, 11) is 0. The van der Waals surface area contributed by atoms with Gasteiger partial charge in [-0.15, -0.1) is 0 Å². The first-order valence-corrected chi connectivity index (χ1v) is 7.36. The van der Waals surface area contributed by atoms with E-state index >= 15 is 0 Å². The van der Waals surface area contributed by atoms with Crippen LogP contribution in [-0.2, 0) is 5.54 Å². The zero-order valence-electron chi connectivity index (χ0n) is 11.7. The van der Waals surface area contributed by atoms with Crippen LogP contribution >= 0.6 is 0 Å². The first kappa shape index (κ1) is 13.2. The number of benzene rings is 2. The highest BCUT2D eigenvalue weighted by Crippen LogP contribution is 2.44. The number of nitrogens with zero attached hydrogens (tertiary/aromatic N) is 1. The molecule has 104 valence electrons. The fourth-order valence-corrected chi connectivity index (χ4v) is 3.50. The maximum absolute atomic E-state index is 9.59. The van der Waals surface area contributed by atoms with E-state index in [-0.39, 0.29) is 12.1 Å².